The van der Waals surface area contributed by atoms with E-state index < -0.39 is 0 Å². The molecule has 11 heavy (non-hydrogen) atoms. The zero-order valence-corrected chi connectivity index (χ0v) is 7.16. The molecule has 0 aromatic carbocycles. The van der Waals surface area contributed by atoms with E-state index in [0.29, 0.717) is 0 Å². The number of hydrogen-bond acceptors (Lipinski definition) is 2. The predicted octanol–water partition coefficient (Wildman–Crippen LogP) is 1.48. The van der Waals surface area contributed by atoms with Crippen molar-refractivity contribution in [3.05, 3.63) is 12.2 Å². The summed E-state index contributed by atoms with van der Waals surface area (Å²) < 4.78 is 0. The third-order valence-corrected chi connectivity index (χ3v) is 1.57. The first-order chi connectivity index (χ1) is 5.31. The van der Waals surface area contributed by atoms with Gasteiger partial charge in [-0.15, -0.1) is 0 Å². The van der Waals surface area contributed by atoms with Crippen LogP contribution in [0, 0.1) is 0 Å². The van der Waals surface area contributed by atoms with E-state index >= 15 is 0 Å². The Balaban J connectivity index is 3.15. The summed E-state index contributed by atoms with van der Waals surface area (Å²) in [6, 6.07) is 0. The summed E-state index contributed by atoms with van der Waals surface area (Å²) >= 11 is 0. The normalized spacial score (nSPS) is 14.1. The highest BCUT2D eigenvalue weighted by Gasteiger charge is 1.94. The van der Waals surface area contributed by atoms with Crippen LogP contribution in [0.3, 0.4) is 0 Å². The van der Waals surface area contributed by atoms with Gasteiger partial charge in [0.15, 0.2) is 0 Å². The molecule has 0 aliphatic rings. The van der Waals surface area contributed by atoms with E-state index in [-0.39, 0.29) is 12.7 Å². The highest BCUT2D eigenvalue weighted by atomic mass is 16.3. The van der Waals surface area contributed by atoms with E-state index in [9.17, 15) is 0 Å². The van der Waals surface area contributed by atoms with E-state index in [4.69, 9.17) is 10.2 Å². The highest BCUT2D eigenvalue weighted by molar-refractivity contribution is 4.83. The second kappa shape index (κ2) is 7.76. The van der Waals surface area contributed by atoms with Gasteiger partial charge in [0.05, 0.1) is 6.10 Å². The number of aliphatic hydroxyl groups excluding tert-OH is 2. The van der Waals surface area contributed by atoms with Crippen molar-refractivity contribution in [3.63, 3.8) is 0 Å². The van der Waals surface area contributed by atoms with E-state index in [1.807, 2.05) is 19.1 Å². The lowest BCUT2D eigenvalue weighted by Gasteiger charge is -2.01. The van der Waals surface area contributed by atoms with Crippen LogP contribution in [-0.2, 0) is 0 Å². The first-order valence-electron chi connectivity index (χ1n) is 4.25. The second-order valence-corrected chi connectivity index (χ2v) is 2.64. The highest BCUT2D eigenvalue weighted by Crippen LogP contribution is 1.99. The zero-order valence-electron chi connectivity index (χ0n) is 7.16. The smallest absolute Gasteiger partial charge is 0.0572 e. The number of allylic oxidation sites excluding steroid dienone is 1. The van der Waals surface area contributed by atoms with Gasteiger partial charge in [-0.25, -0.2) is 0 Å². The van der Waals surface area contributed by atoms with Gasteiger partial charge in [0, 0.05) is 6.61 Å². The Kier molecular flexibility index (Phi) is 7.52. The molecule has 0 aliphatic carbocycles. The van der Waals surface area contributed by atoms with Crippen LogP contribution < -0.4 is 0 Å². The van der Waals surface area contributed by atoms with Crippen molar-refractivity contribution >= 4 is 0 Å². The summed E-state index contributed by atoms with van der Waals surface area (Å²) in [5, 5.41) is 17.6. The van der Waals surface area contributed by atoms with Crippen molar-refractivity contribution in [1.29, 1.82) is 0 Å². The maximum atomic E-state index is 9.11. The van der Waals surface area contributed by atoms with Gasteiger partial charge >= 0.3 is 0 Å². The van der Waals surface area contributed by atoms with Gasteiger partial charge in [0.2, 0.25) is 0 Å². The molecule has 2 heteroatoms. The summed E-state index contributed by atoms with van der Waals surface area (Å²) in [7, 11) is 0. The molecule has 66 valence electrons. The van der Waals surface area contributed by atoms with Gasteiger partial charge in [0.25, 0.3) is 0 Å². The second-order valence-electron chi connectivity index (χ2n) is 2.64. The van der Waals surface area contributed by atoms with Crippen molar-refractivity contribution in [3.8, 4) is 0 Å². The van der Waals surface area contributed by atoms with Crippen LogP contribution in [0.25, 0.3) is 0 Å². The summed E-state index contributed by atoms with van der Waals surface area (Å²) in [6.07, 6.45) is 7.07. The van der Waals surface area contributed by atoms with E-state index in [1.54, 1.807) is 0 Å². The molecule has 0 aliphatic heterocycles. The van der Waals surface area contributed by atoms with Gasteiger partial charge in [0.1, 0.15) is 0 Å². The molecule has 2 nitrogen and oxygen atoms in total. The predicted molar refractivity (Wildman–Crippen MR) is 46.4 cm³/mol. The SMILES string of the molecule is CCC(O)CC=CCCCO. The summed E-state index contributed by atoms with van der Waals surface area (Å²) in [4.78, 5) is 0. The Labute approximate surface area is 68.6 Å². The fourth-order valence-corrected chi connectivity index (χ4v) is 0.747. The Morgan fingerprint density at radius 3 is 2.64 bits per heavy atom. The van der Waals surface area contributed by atoms with E-state index in [1.165, 1.54) is 0 Å². The Morgan fingerprint density at radius 1 is 1.36 bits per heavy atom. The van der Waals surface area contributed by atoms with E-state index in [0.717, 1.165) is 25.7 Å². The maximum Gasteiger partial charge on any atom is 0.0572 e. The van der Waals surface area contributed by atoms with Gasteiger partial charge in [-0.3, -0.25) is 0 Å². The number of aliphatic hydroxyl groups is 2. The molecule has 0 heterocycles. The van der Waals surface area contributed by atoms with Crippen LogP contribution in [-0.4, -0.2) is 22.9 Å². The molecule has 0 aromatic rings. The van der Waals surface area contributed by atoms with Gasteiger partial charge < -0.3 is 10.2 Å². The zero-order chi connectivity index (χ0) is 8.53. The van der Waals surface area contributed by atoms with Crippen molar-refractivity contribution in [2.75, 3.05) is 6.61 Å². The monoisotopic (exact) mass is 158 g/mol. The molecule has 0 aromatic heterocycles. The quantitative estimate of drug-likeness (QED) is 0.454. The third kappa shape index (κ3) is 7.56. The molecule has 0 fully saturated rings. The summed E-state index contributed by atoms with van der Waals surface area (Å²) in [5.74, 6) is 0. The van der Waals surface area contributed by atoms with Crippen LogP contribution in [0.1, 0.15) is 32.6 Å². The summed E-state index contributed by atoms with van der Waals surface area (Å²) in [5.41, 5.74) is 0. The lowest BCUT2D eigenvalue weighted by molar-refractivity contribution is 0.173. The molecule has 1 unspecified atom stereocenters. The molecular weight excluding hydrogens is 140 g/mol. The van der Waals surface area contributed by atoms with Crippen LogP contribution in [0.4, 0.5) is 0 Å². The number of unbranched alkanes of at least 4 members (excludes halogenated alkanes) is 1. The Morgan fingerprint density at radius 2 is 2.09 bits per heavy atom. The van der Waals surface area contributed by atoms with Gasteiger partial charge in [-0.2, -0.15) is 0 Å². The molecule has 0 saturated carbocycles. The van der Waals surface area contributed by atoms with Crippen LogP contribution in [0.5, 0.6) is 0 Å². The number of rotatable bonds is 6. The minimum atomic E-state index is -0.194. The lowest BCUT2D eigenvalue weighted by Crippen LogP contribution is -2.01. The van der Waals surface area contributed by atoms with Crippen molar-refractivity contribution in [2.24, 2.45) is 0 Å². The fraction of sp³-hybridized carbons (Fsp3) is 0.778. The minimum Gasteiger partial charge on any atom is -0.396 e. The molecule has 0 radical (unpaired) electrons. The van der Waals surface area contributed by atoms with Gasteiger partial charge in [-0.1, -0.05) is 19.1 Å². The average Bonchev–Trinajstić information content (AvgIpc) is 2.04. The minimum absolute atomic E-state index is 0.194. The topological polar surface area (TPSA) is 40.5 Å². The molecule has 0 saturated heterocycles. The van der Waals surface area contributed by atoms with Crippen LogP contribution in [0.15, 0.2) is 12.2 Å². The molecular formula is C9H18O2. The van der Waals surface area contributed by atoms with Crippen molar-refractivity contribution in [2.45, 2.75) is 38.7 Å². The summed E-state index contributed by atoms with van der Waals surface area (Å²) in [6.45, 7) is 2.22. The molecule has 0 spiro atoms. The molecule has 0 rings (SSSR count). The molecule has 0 amide bonds. The van der Waals surface area contributed by atoms with Crippen molar-refractivity contribution < 1.29 is 10.2 Å². The molecule has 1 atom stereocenters. The first kappa shape index (κ1) is 10.7. The van der Waals surface area contributed by atoms with Crippen molar-refractivity contribution in [1.82, 2.24) is 0 Å². The molecule has 0 bridgehead atoms. The first-order valence-corrected chi connectivity index (χ1v) is 4.25. The number of hydrogen-bond donors (Lipinski definition) is 2. The fourth-order valence-electron chi connectivity index (χ4n) is 0.747. The third-order valence-electron chi connectivity index (χ3n) is 1.57. The Bertz CT molecular complexity index is 99.7. The standard InChI is InChI=1S/C9H18O2/c1-2-9(11)7-5-3-4-6-8-10/h3,5,9-11H,2,4,6-8H2,1H3. The Hall–Kier alpha value is -0.340. The average molecular weight is 158 g/mol. The lowest BCUT2D eigenvalue weighted by atomic mass is 10.2. The maximum absolute atomic E-state index is 9.11. The molecule has 2 N–H and O–H groups in total. The van der Waals surface area contributed by atoms with Crippen LogP contribution in [0.2, 0.25) is 0 Å². The van der Waals surface area contributed by atoms with Crippen LogP contribution >= 0.6 is 0 Å². The van der Waals surface area contributed by atoms with Gasteiger partial charge in [-0.05, 0) is 25.7 Å². The van der Waals surface area contributed by atoms with E-state index in [2.05, 4.69) is 0 Å². The largest absolute Gasteiger partial charge is 0.396 e.